The molecule has 1 aromatic carbocycles. The minimum atomic E-state index is -0.0346. The number of pyridine rings is 1. The van der Waals surface area contributed by atoms with Gasteiger partial charge in [-0.05, 0) is 12.1 Å². The summed E-state index contributed by atoms with van der Waals surface area (Å²) in [5, 5.41) is 3.82. The van der Waals surface area contributed by atoms with E-state index in [1.54, 1.807) is 6.08 Å². The minimum absolute atomic E-state index is 0.0346. The van der Waals surface area contributed by atoms with Gasteiger partial charge in [-0.25, -0.2) is 0 Å². The van der Waals surface area contributed by atoms with Gasteiger partial charge in [-0.15, -0.1) is 6.58 Å². The molecule has 0 unspecified atom stereocenters. The van der Waals surface area contributed by atoms with E-state index in [4.69, 9.17) is 0 Å². The second kappa shape index (κ2) is 5.25. The number of benzene rings is 1. The maximum atomic E-state index is 11.5. The van der Waals surface area contributed by atoms with Crippen molar-refractivity contribution in [1.82, 2.24) is 10.3 Å². The fourth-order valence-electron chi connectivity index (χ4n) is 1.62. The summed E-state index contributed by atoms with van der Waals surface area (Å²) in [7, 11) is 0. The molecule has 86 valence electrons. The predicted molar refractivity (Wildman–Crippen MR) is 68.7 cm³/mol. The summed E-state index contributed by atoms with van der Waals surface area (Å²) in [6.07, 6.45) is 1.96. The number of nitrogens with zero attached hydrogens (tertiary/aromatic N) is 1. The zero-order valence-corrected chi connectivity index (χ0v) is 9.52. The molecule has 0 fully saturated rings. The molecule has 0 aliphatic carbocycles. The first-order valence-electron chi connectivity index (χ1n) is 5.52. The van der Waals surface area contributed by atoms with Crippen molar-refractivity contribution in [2.75, 3.05) is 6.54 Å². The Bertz CT molecular complexity index is 549. The van der Waals surface area contributed by atoms with Gasteiger partial charge in [-0.3, -0.25) is 9.78 Å². The zero-order chi connectivity index (χ0) is 12.1. The van der Waals surface area contributed by atoms with E-state index in [-0.39, 0.29) is 5.91 Å². The van der Waals surface area contributed by atoms with Gasteiger partial charge >= 0.3 is 0 Å². The number of carbonyl (C=O) groups excluding carboxylic acids is 1. The topological polar surface area (TPSA) is 42.0 Å². The first kappa shape index (κ1) is 11.3. The summed E-state index contributed by atoms with van der Waals surface area (Å²) in [5.74, 6) is -0.0346. The van der Waals surface area contributed by atoms with Crippen molar-refractivity contribution in [3.05, 3.63) is 54.7 Å². The van der Waals surface area contributed by atoms with Crippen LogP contribution in [0.4, 0.5) is 0 Å². The third-order valence-electron chi connectivity index (χ3n) is 2.44. The van der Waals surface area contributed by atoms with E-state index in [0.29, 0.717) is 13.0 Å². The molecule has 0 saturated heterocycles. The number of para-hydroxylation sites is 1. The van der Waals surface area contributed by atoms with Crippen LogP contribution in [0.5, 0.6) is 0 Å². The van der Waals surface area contributed by atoms with Crippen molar-refractivity contribution < 1.29 is 4.79 Å². The molecule has 0 saturated carbocycles. The molecule has 3 heteroatoms. The Morgan fingerprint density at radius 1 is 1.29 bits per heavy atom. The molecule has 3 nitrogen and oxygen atoms in total. The Labute approximate surface area is 100 Å². The lowest BCUT2D eigenvalue weighted by atomic mass is 10.2. The van der Waals surface area contributed by atoms with Gasteiger partial charge in [0.2, 0.25) is 5.91 Å². The average Bonchev–Trinajstić information content (AvgIpc) is 2.36. The largest absolute Gasteiger partial charge is 0.352 e. The van der Waals surface area contributed by atoms with Gasteiger partial charge in [0.15, 0.2) is 0 Å². The molecule has 1 N–H and O–H groups in total. The SMILES string of the molecule is C=CCNC(=O)Cc1ccc2ccccc2n1. The lowest BCUT2D eigenvalue weighted by molar-refractivity contribution is -0.120. The van der Waals surface area contributed by atoms with Gasteiger partial charge in [-0.2, -0.15) is 0 Å². The van der Waals surface area contributed by atoms with Crippen LogP contribution in [-0.4, -0.2) is 17.4 Å². The van der Waals surface area contributed by atoms with Crippen molar-refractivity contribution >= 4 is 16.8 Å². The molecule has 1 amide bonds. The van der Waals surface area contributed by atoms with Crippen LogP contribution in [0.2, 0.25) is 0 Å². The molecule has 17 heavy (non-hydrogen) atoms. The van der Waals surface area contributed by atoms with Crippen LogP contribution in [0, 0.1) is 0 Å². The van der Waals surface area contributed by atoms with Crippen LogP contribution in [0.15, 0.2) is 49.1 Å². The zero-order valence-electron chi connectivity index (χ0n) is 9.52. The third-order valence-corrected chi connectivity index (χ3v) is 2.44. The summed E-state index contributed by atoms with van der Waals surface area (Å²) >= 11 is 0. The van der Waals surface area contributed by atoms with Crippen LogP contribution in [0.3, 0.4) is 0 Å². The summed E-state index contributed by atoms with van der Waals surface area (Å²) in [6.45, 7) is 4.04. The maximum absolute atomic E-state index is 11.5. The van der Waals surface area contributed by atoms with Crippen molar-refractivity contribution in [2.24, 2.45) is 0 Å². The van der Waals surface area contributed by atoms with Crippen LogP contribution < -0.4 is 5.32 Å². The standard InChI is InChI=1S/C14H14N2O/c1-2-9-15-14(17)10-12-8-7-11-5-3-4-6-13(11)16-12/h2-8H,1,9-10H2,(H,15,17). The maximum Gasteiger partial charge on any atom is 0.226 e. The molecule has 0 aliphatic heterocycles. The van der Waals surface area contributed by atoms with Gasteiger partial charge in [0, 0.05) is 11.9 Å². The first-order chi connectivity index (χ1) is 8.29. The highest BCUT2D eigenvalue weighted by Gasteiger charge is 2.04. The van der Waals surface area contributed by atoms with Crippen molar-refractivity contribution in [3.8, 4) is 0 Å². The molecule has 1 heterocycles. The number of rotatable bonds is 4. The first-order valence-corrected chi connectivity index (χ1v) is 5.52. The molecule has 0 atom stereocenters. The molecule has 0 aliphatic rings. The van der Waals surface area contributed by atoms with Gasteiger partial charge in [0.25, 0.3) is 0 Å². The van der Waals surface area contributed by atoms with Crippen LogP contribution in [-0.2, 0) is 11.2 Å². The Morgan fingerprint density at radius 2 is 2.12 bits per heavy atom. The second-order valence-electron chi connectivity index (χ2n) is 3.76. The van der Waals surface area contributed by atoms with Gasteiger partial charge in [0.1, 0.15) is 0 Å². The lowest BCUT2D eigenvalue weighted by Crippen LogP contribution is -2.25. The van der Waals surface area contributed by atoms with Crippen LogP contribution in [0.1, 0.15) is 5.69 Å². The number of carbonyl (C=O) groups is 1. The molecule has 0 spiro atoms. The third kappa shape index (κ3) is 2.91. The molecule has 1 aromatic heterocycles. The molecular weight excluding hydrogens is 212 g/mol. The number of fused-ring (bicyclic) bond motifs is 1. The quantitative estimate of drug-likeness (QED) is 0.811. The van der Waals surface area contributed by atoms with E-state index in [9.17, 15) is 4.79 Å². The van der Waals surface area contributed by atoms with Gasteiger partial charge in [0.05, 0.1) is 17.6 Å². The fourth-order valence-corrected chi connectivity index (χ4v) is 1.62. The van der Waals surface area contributed by atoms with E-state index in [0.717, 1.165) is 16.6 Å². The minimum Gasteiger partial charge on any atom is -0.352 e. The average molecular weight is 226 g/mol. The van der Waals surface area contributed by atoms with Gasteiger partial charge < -0.3 is 5.32 Å². The Balaban J connectivity index is 2.13. The molecule has 2 aromatic rings. The number of hydrogen-bond acceptors (Lipinski definition) is 2. The summed E-state index contributed by atoms with van der Waals surface area (Å²) < 4.78 is 0. The lowest BCUT2D eigenvalue weighted by Gasteiger charge is -2.03. The number of aromatic nitrogens is 1. The smallest absolute Gasteiger partial charge is 0.226 e. The summed E-state index contributed by atoms with van der Waals surface area (Å²) in [4.78, 5) is 15.9. The van der Waals surface area contributed by atoms with E-state index in [1.807, 2.05) is 36.4 Å². The Kier molecular flexibility index (Phi) is 3.50. The van der Waals surface area contributed by atoms with E-state index in [1.165, 1.54) is 0 Å². The second-order valence-corrected chi connectivity index (χ2v) is 3.76. The van der Waals surface area contributed by atoms with Crippen LogP contribution >= 0.6 is 0 Å². The highest BCUT2D eigenvalue weighted by molar-refractivity contribution is 5.81. The monoisotopic (exact) mass is 226 g/mol. The van der Waals surface area contributed by atoms with Crippen molar-refractivity contribution in [2.45, 2.75) is 6.42 Å². The van der Waals surface area contributed by atoms with Crippen molar-refractivity contribution in [1.29, 1.82) is 0 Å². The molecule has 2 rings (SSSR count). The highest BCUT2D eigenvalue weighted by atomic mass is 16.1. The number of nitrogens with one attached hydrogen (secondary N) is 1. The predicted octanol–water partition coefficient (Wildman–Crippen LogP) is 2.08. The van der Waals surface area contributed by atoms with Gasteiger partial charge in [-0.1, -0.05) is 30.3 Å². The fraction of sp³-hybridized carbons (Fsp3) is 0.143. The molecule has 0 bridgehead atoms. The Hall–Kier alpha value is -2.16. The number of amides is 1. The van der Waals surface area contributed by atoms with E-state index in [2.05, 4.69) is 16.9 Å². The Morgan fingerprint density at radius 3 is 2.94 bits per heavy atom. The molecule has 0 radical (unpaired) electrons. The normalized spacial score (nSPS) is 10.1. The van der Waals surface area contributed by atoms with Crippen molar-refractivity contribution in [3.63, 3.8) is 0 Å². The summed E-state index contributed by atoms with van der Waals surface area (Å²) in [6, 6.07) is 11.7. The van der Waals surface area contributed by atoms with E-state index >= 15 is 0 Å². The molecular formula is C14H14N2O. The number of hydrogen-bond donors (Lipinski definition) is 1. The highest BCUT2D eigenvalue weighted by Crippen LogP contribution is 2.11. The van der Waals surface area contributed by atoms with Crippen LogP contribution in [0.25, 0.3) is 10.9 Å². The van der Waals surface area contributed by atoms with E-state index < -0.39 is 0 Å². The summed E-state index contributed by atoms with van der Waals surface area (Å²) in [5.41, 5.74) is 1.70.